The molecule has 26 heavy (non-hydrogen) atoms. The van der Waals surface area contributed by atoms with Crippen molar-refractivity contribution < 1.29 is 19.5 Å². The van der Waals surface area contributed by atoms with Crippen LogP contribution in [0.15, 0.2) is 42.7 Å². The Morgan fingerprint density at radius 3 is 2.65 bits per heavy atom. The zero-order valence-electron chi connectivity index (χ0n) is 14.2. The van der Waals surface area contributed by atoms with Crippen LogP contribution in [0.3, 0.4) is 0 Å². The van der Waals surface area contributed by atoms with Crippen molar-refractivity contribution in [2.24, 2.45) is 0 Å². The van der Waals surface area contributed by atoms with Gasteiger partial charge < -0.3 is 21.5 Å². The number of amides is 2. The monoisotopic (exact) mass is 356 g/mol. The number of aryl methyl sites for hydroxylation is 1. The van der Waals surface area contributed by atoms with Gasteiger partial charge in [-0.05, 0) is 36.2 Å². The molecule has 2 amide bonds. The SMILES string of the molecule is Cc1ccc(C(=O)NCC(=O)NC(CC(=O)O)c2cccnc2)cc1N. The van der Waals surface area contributed by atoms with E-state index in [0.717, 1.165) is 5.56 Å². The van der Waals surface area contributed by atoms with Crippen LogP contribution < -0.4 is 16.4 Å². The number of aromatic nitrogens is 1. The first-order valence-electron chi connectivity index (χ1n) is 7.92. The van der Waals surface area contributed by atoms with Crippen LogP contribution in [0.2, 0.25) is 0 Å². The Morgan fingerprint density at radius 1 is 1.27 bits per heavy atom. The summed E-state index contributed by atoms with van der Waals surface area (Å²) in [5, 5.41) is 14.1. The highest BCUT2D eigenvalue weighted by molar-refractivity contribution is 5.97. The number of nitrogens with two attached hydrogens (primary N) is 1. The van der Waals surface area contributed by atoms with Crippen LogP contribution in [0.25, 0.3) is 0 Å². The lowest BCUT2D eigenvalue weighted by Crippen LogP contribution is -2.39. The molecule has 1 aromatic carbocycles. The Hall–Kier alpha value is -3.42. The van der Waals surface area contributed by atoms with E-state index >= 15 is 0 Å². The standard InChI is InChI=1S/C18H20N4O4/c1-11-4-5-12(7-14(11)19)18(26)21-10-16(23)22-15(8-17(24)25)13-3-2-6-20-9-13/h2-7,9,15H,8,10,19H2,1H3,(H,21,26)(H,22,23)(H,24,25). The van der Waals surface area contributed by atoms with Crippen LogP contribution in [-0.2, 0) is 9.59 Å². The third kappa shape index (κ3) is 5.30. The van der Waals surface area contributed by atoms with Crippen molar-refractivity contribution in [3.8, 4) is 0 Å². The van der Waals surface area contributed by atoms with Gasteiger partial charge in [0.2, 0.25) is 5.91 Å². The molecular weight excluding hydrogens is 336 g/mol. The second-order valence-electron chi connectivity index (χ2n) is 5.76. The van der Waals surface area contributed by atoms with Gasteiger partial charge in [0.1, 0.15) is 0 Å². The average Bonchev–Trinajstić information content (AvgIpc) is 2.62. The summed E-state index contributed by atoms with van der Waals surface area (Å²) in [6.45, 7) is 1.54. The molecule has 0 bridgehead atoms. The number of hydrogen-bond donors (Lipinski definition) is 4. The summed E-state index contributed by atoms with van der Waals surface area (Å²) >= 11 is 0. The smallest absolute Gasteiger partial charge is 0.305 e. The molecule has 0 fully saturated rings. The molecule has 1 atom stereocenters. The zero-order valence-corrected chi connectivity index (χ0v) is 14.2. The number of anilines is 1. The van der Waals surface area contributed by atoms with Gasteiger partial charge in [0, 0.05) is 23.6 Å². The molecule has 0 saturated heterocycles. The minimum Gasteiger partial charge on any atom is -0.481 e. The van der Waals surface area contributed by atoms with Gasteiger partial charge in [0.05, 0.1) is 19.0 Å². The number of pyridine rings is 1. The lowest BCUT2D eigenvalue weighted by molar-refractivity contribution is -0.137. The summed E-state index contributed by atoms with van der Waals surface area (Å²) in [7, 11) is 0. The first kappa shape index (κ1) is 18.9. The van der Waals surface area contributed by atoms with Crippen molar-refractivity contribution in [2.45, 2.75) is 19.4 Å². The molecule has 0 spiro atoms. The van der Waals surface area contributed by atoms with E-state index in [4.69, 9.17) is 10.8 Å². The molecule has 5 N–H and O–H groups in total. The third-order valence-corrected chi connectivity index (χ3v) is 3.75. The van der Waals surface area contributed by atoms with Crippen molar-refractivity contribution in [2.75, 3.05) is 12.3 Å². The predicted molar refractivity (Wildman–Crippen MR) is 95.3 cm³/mol. The molecular formula is C18H20N4O4. The first-order chi connectivity index (χ1) is 12.4. The van der Waals surface area contributed by atoms with E-state index in [1.165, 1.54) is 12.3 Å². The summed E-state index contributed by atoms with van der Waals surface area (Å²) in [4.78, 5) is 39.1. The Balaban J connectivity index is 1.96. The molecule has 1 unspecified atom stereocenters. The number of nitrogens with one attached hydrogen (secondary N) is 2. The predicted octanol–water partition coefficient (Wildman–Crippen LogP) is 1.03. The summed E-state index contributed by atoms with van der Waals surface area (Å²) in [5.74, 6) is -2.00. The topological polar surface area (TPSA) is 134 Å². The fourth-order valence-electron chi connectivity index (χ4n) is 2.30. The summed E-state index contributed by atoms with van der Waals surface area (Å²) < 4.78 is 0. The maximum atomic E-state index is 12.1. The van der Waals surface area contributed by atoms with Gasteiger partial charge >= 0.3 is 5.97 Å². The summed E-state index contributed by atoms with van der Waals surface area (Å²) in [5.41, 5.74) is 8.02. The molecule has 1 aromatic heterocycles. The number of carbonyl (C=O) groups excluding carboxylic acids is 2. The van der Waals surface area contributed by atoms with E-state index in [9.17, 15) is 14.4 Å². The second kappa shape index (κ2) is 8.61. The minimum absolute atomic E-state index is 0.289. The Bertz CT molecular complexity index is 808. The fourth-order valence-corrected chi connectivity index (χ4v) is 2.30. The number of rotatable bonds is 7. The van der Waals surface area contributed by atoms with Gasteiger partial charge in [0.25, 0.3) is 5.91 Å². The molecule has 8 nitrogen and oxygen atoms in total. The molecule has 0 aliphatic carbocycles. The highest BCUT2D eigenvalue weighted by Gasteiger charge is 2.18. The second-order valence-corrected chi connectivity index (χ2v) is 5.76. The van der Waals surface area contributed by atoms with Crippen LogP contribution >= 0.6 is 0 Å². The highest BCUT2D eigenvalue weighted by atomic mass is 16.4. The molecule has 0 saturated carbocycles. The first-order valence-corrected chi connectivity index (χ1v) is 7.92. The number of hydrogen-bond acceptors (Lipinski definition) is 5. The quantitative estimate of drug-likeness (QED) is 0.548. The van der Waals surface area contributed by atoms with Crippen LogP contribution in [0.5, 0.6) is 0 Å². The zero-order chi connectivity index (χ0) is 19.1. The van der Waals surface area contributed by atoms with Crippen LogP contribution in [0.4, 0.5) is 5.69 Å². The molecule has 0 aliphatic rings. The van der Waals surface area contributed by atoms with E-state index < -0.39 is 23.8 Å². The molecule has 136 valence electrons. The van der Waals surface area contributed by atoms with Crippen molar-refractivity contribution in [1.29, 1.82) is 0 Å². The van der Waals surface area contributed by atoms with E-state index in [-0.39, 0.29) is 13.0 Å². The van der Waals surface area contributed by atoms with E-state index in [2.05, 4.69) is 15.6 Å². The lowest BCUT2D eigenvalue weighted by Gasteiger charge is -2.17. The van der Waals surface area contributed by atoms with Gasteiger partial charge in [-0.1, -0.05) is 12.1 Å². The number of benzene rings is 1. The van der Waals surface area contributed by atoms with Crippen molar-refractivity contribution in [1.82, 2.24) is 15.6 Å². The normalized spacial score (nSPS) is 11.4. The van der Waals surface area contributed by atoms with Crippen LogP contribution in [0, 0.1) is 6.92 Å². The molecule has 2 rings (SSSR count). The van der Waals surface area contributed by atoms with Crippen molar-refractivity contribution in [3.63, 3.8) is 0 Å². The fraction of sp³-hybridized carbons (Fsp3) is 0.222. The third-order valence-electron chi connectivity index (χ3n) is 3.75. The average molecular weight is 356 g/mol. The van der Waals surface area contributed by atoms with E-state index in [1.807, 2.05) is 6.92 Å². The molecule has 1 heterocycles. The van der Waals surface area contributed by atoms with Gasteiger partial charge in [-0.15, -0.1) is 0 Å². The lowest BCUT2D eigenvalue weighted by atomic mass is 10.1. The largest absolute Gasteiger partial charge is 0.481 e. The Kier molecular flexibility index (Phi) is 6.26. The highest BCUT2D eigenvalue weighted by Crippen LogP contribution is 2.15. The maximum absolute atomic E-state index is 12.1. The van der Waals surface area contributed by atoms with Gasteiger partial charge in [0.15, 0.2) is 0 Å². The summed E-state index contributed by atoms with van der Waals surface area (Å²) in [6.07, 6.45) is 2.75. The molecule has 0 aliphatic heterocycles. The van der Waals surface area contributed by atoms with Gasteiger partial charge in [-0.25, -0.2) is 0 Å². The Labute approximate surface area is 150 Å². The van der Waals surface area contributed by atoms with Crippen LogP contribution in [0.1, 0.15) is 33.9 Å². The number of nitrogen functional groups attached to an aromatic ring is 1. The van der Waals surface area contributed by atoms with Gasteiger partial charge in [-0.3, -0.25) is 19.4 Å². The van der Waals surface area contributed by atoms with Gasteiger partial charge in [-0.2, -0.15) is 0 Å². The number of nitrogens with zero attached hydrogens (tertiary/aromatic N) is 1. The van der Waals surface area contributed by atoms with Crippen molar-refractivity contribution >= 4 is 23.5 Å². The summed E-state index contributed by atoms with van der Waals surface area (Å²) in [6, 6.07) is 7.46. The van der Waals surface area contributed by atoms with E-state index in [0.29, 0.717) is 16.8 Å². The number of carboxylic acid groups (broad SMARTS) is 1. The number of carboxylic acids is 1. The van der Waals surface area contributed by atoms with Crippen molar-refractivity contribution in [3.05, 3.63) is 59.4 Å². The Morgan fingerprint density at radius 2 is 2.04 bits per heavy atom. The number of carbonyl (C=O) groups is 3. The molecule has 2 aromatic rings. The maximum Gasteiger partial charge on any atom is 0.305 e. The van der Waals surface area contributed by atoms with Crippen LogP contribution in [-0.4, -0.2) is 34.4 Å². The van der Waals surface area contributed by atoms with E-state index in [1.54, 1.807) is 30.5 Å². The molecule has 0 radical (unpaired) electrons. The molecule has 8 heteroatoms. The number of aliphatic carboxylic acids is 1. The minimum atomic E-state index is -1.06.